The van der Waals surface area contributed by atoms with Crippen LogP contribution < -0.4 is 5.73 Å². The summed E-state index contributed by atoms with van der Waals surface area (Å²) in [7, 11) is -2.95. The van der Waals surface area contributed by atoms with Crippen molar-refractivity contribution in [2.75, 3.05) is 6.26 Å². The number of hydrogen-bond donors (Lipinski definition) is 1. The molecule has 0 atom stereocenters. The molecule has 0 aliphatic rings. The Bertz CT molecular complexity index is 441. The lowest BCUT2D eigenvalue weighted by Gasteiger charge is -2.18. The van der Waals surface area contributed by atoms with Gasteiger partial charge in [-0.3, -0.25) is 0 Å². The summed E-state index contributed by atoms with van der Waals surface area (Å²) in [5.41, 5.74) is 7.62. The van der Waals surface area contributed by atoms with Gasteiger partial charge in [-0.15, -0.1) is 0 Å². The Morgan fingerprint density at radius 1 is 1.12 bits per heavy atom. The van der Waals surface area contributed by atoms with Crippen molar-refractivity contribution in [3.05, 3.63) is 35.4 Å². The Morgan fingerprint density at radius 2 is 1.56 bits per heavy atom. The number of hydrogen-bond acceptors (Lipinski definition) is 3. The molecule has 0 amide bonds. The maximum absolute atomic E-state index is 11.1. The molecular formula is C12H19NO2S. The van der Waals surface area contributed by atoms with Gasteiger partial charge in [-0.25, -0.2) is 8.42 Å². The summed E-state index contributed by atoms with van der Waals surface area (Å²) in [4.78, 5) is 0. The van der Waals surface area contributed by atoms with Gasteiger partial charge in [-0.05, 0) is 31.4 Å². The highest BCUT2D eigenvalue weighted by molar-refractivity contribution is 7.89. The molecule has 0 aliphatic heterocycles. The van der Waals surface area contributed by atoms with Gasteiger partial charge in [0.15, 0.2) is 9.84 Å². The predicted molar refractivity (Wildman–Crippen MR) is 67.0 cm³/mol. The van der Waals surface area contributed by atoms with Crippen molar-refractivity contribution in [3.8, 4) is 0 Å². The molecule has 0 aliphatic carbocycles. The summed E-state index contributed by atoms with van der Waals surface area (Å²) >= 11 is 0. The second-order valence-electron chi connectivity index (χ2n) is 5.05. The summed E-state index contributed by atoms with van der Waals surface area (Å²) in [5.74, 6) is 0.0965. The molecule has 0 heterocycles. The van der Waals surface area contributed by atoms with E-state index >= 15 is 0 Å². The molecule has 0 saturated heterocycles. The van der Waals surface area contributed by atoms with Gasteiger partial charge in [0.1, 0.15) is 0 Å². The number of rotatable bonds is 4. The first-order valence-corrected chi connectivity index (χ1v) is 7.26. The zero-order valence-corrected chi connectivity index (χ0v) is 10.8. The van der Waals surface area contributed by atoms with Gasteiger partial charge in [-0.2, -0.15) is 0 Å². The van der Waals surface area contributed by atoms with Crippen LogP contribution >= 0.6 is 0 Å². The number of benzene rings is 1. The predicted octanol–water partition coefficient (Wildman–Crippen LogP) is 1.51. The largest absolute Gasteiger partial charge is 0.325 e. The molecular weight excluding hydrogens is 222 g/mol. The summed E-state index contributed by atoms with van der Waals surface area (Å²) in [6.45, 7) is 3.94. The molecule has 0 bridgehead atoms. The van der Waals surface area contributed by atoms with Gasteiger partial charge in [-0.1, -0.05) is 24.3 Å². The number of nitrogens with two attached hydrogens (primary N) is 1. The Balaban J connectivity index is 2.76. The summed E-state index contributed by atoms with van der Waals surface area (Å²) in [6.07, 6.45) is 2.02. The Kier molecular flexibility index (Phi) is 3.76. The fourth-order valence-corrected chi connectivity index (χ4v) is 2.38. The lowest BCUT2D eigenvalue weighted by molar-refractivity contribution is 0.516. The van der Waals surface area contributed by atoms with Crippen LogP contribution in [0.3, 0.4) is 0 Å². The summed E-state index contributed by atoms with van der Waals surface area (Å²) < 4.78 is 22.2. The molecule has 0 unspecified atom stereocenters. The van der Waals surface area contributed by atoms with Gasteiger partial charge >= 0.3 is 0 Å². The maximum atomic E-state index is 11.1. The molecule has 0 spiro atoms. The van der Waals surface area contributed by atoms with E-state index < -0.39 is 9.84 Å². The van der Waals surface area contributed by atoms with E-state index in [2.05, 4.69) is 0 Å². The second-order valence-corrected chi connectivity index (χ2v) is 7.19. The van der Waals surface area contributed by atoms with Crippen molar-refractivity contribution in [1.29, 1.82) is 0 Å². The van der Waals surface area contributed by atoms with E-state index in [9.17, 15) is 8.42 Å². The van der Waals surface area contributed by atoms with Gasteiger partial charge < -0.3 is 5.73 Å². The Labute approximate surface area is 97.6 Å². The van der Waals surface area contributed by atoms with E-state index in [-0.39, 0.29) is 11.3 Å². The van der Waals surface area contributed by atoms with E-state index in [0.717, 1.165) is 17.5 Å². The highest BCUT2D eigenvalue weighted by Gasteiger charge is 2.11. The van der Waals surface area contributed by atoms with Crippen LogP contribution in [0.15, 0.2) is 24.3 Å². The van der Waals surface area contributed by atoms with Crippen LogP contribution in [0, 0.1) is 0 Å². The molecule has 4 heteroatoms. The average Bonchev–Trinajstić information content (AvgIpc) is 2.03. The third-order valence-corrected chi connectivity index (χ3v) is 2.97. The Morgan fingerprint density at radius 3 is 1.94 bits per heavy atom. The van der Waals surface area contributed by atoms with Gasteiger partial charge in [0, 0.05) is 11.8 Å². The zero-order valence-electron chi connectivity index (χ0n) is 10.0. The van der Waals surface area contributed by atoms with Crippen LogP contribution in [0.4, 0.5) is 0 Å². The van der Waals surface area contributed by atoms with Crippen LogP contribution in [0.2, 0.25) is 0 Å². The third kappa shape index (κ3) is 5.28. The minimum absolute atomic E-state index is 0.0965. The van der Waals surface area contributed by atoms with Crippen LogP contribution in [0.25, 0.3) is 0 Å². The van der Waals surface area contributed by atoms with Crippen LogP contribution in [-0.2, 0) is 22.0 Å². The SMILES string of the molecule is CC(C)(N)Cc1ccc(CS(C)(=O)=O)cc1. The van der Waals surface area contributed by atoms with Crippen molar-refractivity contribution in [2.45, 2.75) is 31.6 Å². The normalized spacial score (nSPS) is 12.8. The molecule has 0 saturated carbocycles. The fourth-order valence-electron chi connectivity index (χ4n) is 1.58. The molecule has 1 aromatic carbocycles. The summed E-state index contributed by atoms with van der Waals surface area (Å²) in [6, 6.07) is 7.58. The van der Waals surface area contributed by atoms with Crippen molar-refractivity contribution < 1.29 is 8.42 Å². The number of sulfone groups is 1. The molecule has 1 aromatic rings. The zero-order chi connectivity index (χ0) is 12.4. The van der Waals surface area contributed by atoms with Crippen molar-refractivity contribution in [2.24, 2.45) is 5.73 Å². The van der Waals surface area contributed by atoms with Crippen LogP contribution in [-0.4, -0.2) is 20.2 Å². The lowest BCUT2D eigenvalue weighted by atomic mass is 9.96. The smallest absolute Gasteiger partial charge is 0.151 e. The first-order chi connectivity index (χ1) is 7.16. The standard InChI is InChI=1S/C12H19NO2S/c1-12(2,13)8-10-4-6-11(7-5-10)9-16(3,14)15/h4-7H,8-9,13H2,1-3H3. The van der Waals surface area contributed by atoms with Crippen molar-refractivity contribution in [1.82, 2.24) is 0 Å². The lowest BCUT2D eigenvalue weighted by Crippen LogP contribution is -2.34. The second kappa shape index (κ2) is 4.55. The molecule has 0 fully saturated rings. The molecule has 1 rings (SSSR count). The first kappa shape index (κ1) is 13.2. The maximum Gasteiger partial charge on any atom is 0.151 e. The monoisotopic (exact) mass is 241 g/mol. The third-order valence-electron chi connectivity index (χ3n) is 2.11. The van der Waals surface area contributed by atoms with Crippen LogP contribution in [0.1, 0.15) is 25.0 Å². The minimum atomic E-state index is -2.95. The van der Waals surface area contributed by atoms with Crippen molar-refractivity contribution in [3.63, 3.8) is 0 Å². The van der Waals surface area contributed by atoms with Gasteiger partial charge in [0.25, 0.3) is 0 Å². The van der Waals surface area contributed by atoms with Crippen LogP contribution in [0.5, 0.6) is 0 Å². The van der Waals surface area contributed by atoms with Gasteiger partial charge in [0.2, 0.25) is 0 Å². The highest BCUT2D eigenvalue weighted by Crippen LogP contribution is 2.12. The fraction of sp³-hybridized carbons (Fsp3) is 0.500. The van der Waals surface area contributed by atoms with E-state index in [0.29, 0.717) is 0 Å². The molecule has 2 N–H and O–H groups in total. The summed E-state index contributed by atoms with van der Waals surface area (Å²) in [5, 5.41) is 0. The molecule has 3 nitrogen and oxygen atoms in total. The van der Waals surface area contributed by atoms with E-state index in [4.69, 9.17) is 5.73 Å². The van der Waals surface area contributed by atoms with Crippen molar-refractivity contribution >= 4 is 9.84 Å². The first-order valence-electron chi connectivity index (χ1n) is 5.20. The Hall–Kier alpha value is -0.870. The molecule has 16 heavy (non-hydrogen) atoms. The highest BCUT2D eigenvalue weighted by atomic mass is 32.2. The molecule has 0 radical (unpaired) electrons. The quantitative estimate of drug-likeness (QED) is 0.869. The van der Waals surface area contributed by atoms with Gasteiger partial charge in [0.05, 0.1) is 5.75 Å². The topological polar surface area (TPSA) is 60.2 Å². The molecule has 0 aromatic heterocycles. The van der Waals surface area contributed by atoms with E-state index in [1.165, 1.54) is 6.26 Å². The van der Waals surface area contributed by atoms with E-state index in [1.54, 1.807) is 0 Å². The molecule has 90 valence electrons. The van der Waals surface area contributed by atoms with E-state index in [1.807, 2.05) is 38.1 Å². The minimum Gasteiger partial charge on any atom is -0.325 e. The average molecular weight is 241 g/mol.